The molecule has 0 unspecified atom stereocenters. The summed E-state index contributed by atoms with van der Waals surface area (Å²) in [5, 5.41) is 3.70. The quantitative estimate of drug-likeness (QED) is 0.205. The Morgan fingerprint density at radius 3 is 2.22 bits per heavy atom. The predicted molar refractivity (Wildman–Crippen MR) is 151 cm³/mol. The van der Waals surface area contributed by atoms with E-state index in [0.29, 0.717) is 5.89 Å². The lowest BCUT2D eigenvalue weighted by Gasteiger charge is -2.33. The van der Waals surface area contributed by atoms with E-state index >= 15 is 0 Å². The van der Waals surface area contributed by atoms with E-state index in [1.165, 1.54) is 25.7 Å². The summed E-state index contributed by atoms with van der Waals surface area (Å²) >= 11 is 0. The molecule has 1 aliphatic heterocycles. The van der Waals surface area contributed by atoms with Crippen LogP contribution in [-0.2, 0) is 0 Å². The van der Waals surface area contributed by atoms with Crippen molar-refractivity contribution in [3.63, 3.8) is 0 Å². The van der Waals surface area contributed by atoms with Gasteiger partial charge in [0.25, 0.3) is 0 Å². The molecule has 0 saturated heterocycles. The number of hydrogen-bond acceptors (Lipinski definition) is 5. The SMILES string of the molecule is CCCCCCCNc1cc(N2c3ccccc3Oc3ccccc32)ccc1-c1nc2ccccc2o1. The fourth-order valence-electron chi connectivity index (χ4n) is 4.93. The van der Waals surface area contributed by atoms with E-state index in [0.717, 1.165) is 63.9 Å². The zero-order chi connectivity index (χ0) is 25.0. The Morgan fingerprint density at radius 1 is 0.757 bits per heavy atom. The maximum Gasteiger partial charge on any atom is 0.229 e. The van der Waals surface area contributed by atoms with Gasteiger partial charge in [-0.3, -0.25) is 0 Å². The summed E-state index contributed by atoms with van der Waals surface area (Å²) in [6.45, 7) is 3.15. The number of benzene rings is 4. The number of rotatable bonds is 9. The van der Waals surface area contributed by atoms with Crippen molar-refractivity contribution in [2.24, 2.45) is 0 Å². The van der Waals surface area contributed by atoms with Crippen LogP contribution in [0.1, 0.15) is 39.0 Å². The second-order valence-electron chi connectivity index (χ2n) is 9.43. The van der Waals surface area contributed by atoms with Crippen LogP contribution in [0.4, 0.5) is 22.7 Å². The van der Waals surface area contributed by atoms with Crippen LogP contribution in [0.15, 0.2) is 95.4 Å². The van der Waals surface area contributed by atoms with Crippen LogP contribution in [0.25, 0.3) is 22.6 Å². The summed E-state index contributed by atoms with van der Waals surface area (Å²) in [6.07, 6.45) is 6.17. The third-order valence-corrected chi connectivity index (χ3v) is 6.81. The summed E-state index contributed by atoms with van der Waals surface area (Å²) in [4.78, 5) is 7.05. The molecule has 0 bridgehead atoms. The molecule has 1 aliphatic rings. The summed E-state index contributed by atoms with van der Waals surface area (Å²) < 4.78 is 12.4. The first-order valence-electron chi connectivity index (χ1n) is 13.2. The van der Waals surface area contributed by atoms with Crippen molar-refractivity contribution < 1.29 is 9.15 Å². The number of unbranched alkanes of at least 4 members (excludes halogenated alkanes) is 4. The Balaban J connectivity index is 1.40. The monoisotopic (exact) mass is 489 g/mol. The lowest BCUT2D eigenvalue weighted by atomic mass is 10.1. The van der Waals surface area contributed by atoms with Gasteiger partial charge in [-0.05, 0) is 61.0 Å². The highest BCUT2D eigenvalue weighted by Crippen LogP contribution is 2.50. The number of oxazole rings is 1. The smallest absolute Gasteiger partial charge is 0.229 e. The third-order valence-electron chi connectivity index (χ3n) is 6.81. The maximum absolute atomic E-state index is 6.22. The van der Waals surface area contributed by atoms with E-state index in [4.69, 9.17) is 14.1 Å². The van der Waals surface area contributed by atoms with Crippen LogP contribution >= 0.6 is 0 Å². The summed E-state index contributed by atoms with van der Waals surface area (Å²) in [6, 6.07) is 30.7. The first kappa shape index (κ1) is 23.2. The van der Waals surface area contributed by atoms with Gasteiger partial charge < -0.3 is 19.4 Å². The number of fused-ring (bicyclic) bond motifs is 3. The Hall–Kier alpha value is -4.25. The minimum atomic E-state index is 0.629. The number of aromatic nitrogens is 1. The van der Waals surface area contributed by atoms with Crippen molar-refractivity contribution in [3.05, 3.63) is 91.0 Å². The largest absolute Gasteiger partial charge is 0.453 e. The van der Waals surface area contributed by atoms with Gasteiger partial charge in [-0.2, -0.15) is 0 Å². The normalized spacial score (nSPS) is 12.2. The first-order chi connectivity index (χ1) is 18.3. The molecule has 1 N–H and O–H groups in total. The van der Waals surface area contributed by atoms with Crippen molar-refractivity contribution >= 4 is 33.8 Å². The second kappa shape index (κ2) is 10.4. The van der Waals surface area contributed by atoms with Crippen molar-refractivity contribution in [3.8, 4) is 23.0 Å². The van der Waals surface area contributed by atoms with Gasteiger partial charge in [0, 0.05) is 17.9 Å². The average molecular weight is 490 g/mol. The molecule has 0 spiro atoms. The van der Waals surface area contributed by atoms with Crippen molar-refractivity contribution in [1.82, 2.24) is 4.98 Å². The Labute approximate surface area is 217 Å². The van der Waals surface area contributed by atoms with E-state index in [1.807, 2.05) is 60.7 Å². The molecule has 6 rings (SSSR count). The van der Waals surface area contributed by atoms with Gasteiger partial charge in [-0.25, -0.2) is 4.98 Å². The van der Waals surface area contributed by atoms with Crippen LogP contribution in [-0.4, -0.2) is 11.5 Å². The molecule has 1 aromatic heterocycles. The van der Waals surface area contributed by atoms with Crippen LogP contribution in [0.5, 0.6) is 11.5 Å². The molecule has 4 aromatic carbocycles. The maximum atomic E-state index is 6.22. The molecule has 5 aromatic rings. The Morgan fingerprint density at radius 2 is 1.46 bits per heavy atom. The topological polar surface area (TPSA) is 50.5 Å². The molecule has 0 fully saturated rings. The molecular formula is C32H31N3O2. The molecule has 0 saturated carbocycles. The number of nitrogens with one attached hydrogen (secondary N) is 1. The molecule has 5 heteroatoms. The van der Waals surface area contributed by atoms with Crippen molar-refractivity contribution in [2.45, 2.75) is 39.0 Å². The molecule has 0 amide bonds. The molecule has 186 valence electrons. The van der Waals surface area contributed by atoms with Crippen molar-refractivity contribution in [2.75, 3.05) is 16.8 Å². The Bertz CT molecular complexity index is 1450. The van der Waals surface area contributed by atoms with Gasteiger partial charge in [-0.15, -0.1) is 0 Å². The highest BCUT2D eigenvalue weighted by atomic mass is 16.5. The van der Waals surface area contributed by atoms with Gasteiger partial charge in [-0.1, -0.05) is 69.0 Å². The molecule has 5 nitrogen and oxygen atoms in total. The number of ether oxygens (including phenoxy) is 1. The molecule has 37 heavy (non-hydrogen) atoms. The standard InChI is InChI=1S/C32H31N3O2/c1-2-3-4-5-12-21-33-26-22-23(19-20-24(26)32-34-25-13-6-9-16-29(25)37-32)35-27-14-7-10-17-30(27)36-31-18-11-8-15-28(31)35/h6-11,13-20,22,33H,2-5,12,21H2,1H3. The summed E-state index contributed by atoms with van der Waals surface area (Å²) in [5.74, 6) is 2.31. The van der Waals surface area contributed by atoms with E-state index in [9.17, 15) is 0 Å². The van der Waals surface area contributed by atoms with Gasteiger partial charge in [0.1, 0.15) is 5.52 Å². The molecular weight excluding hydrogens is 458 g/mol. The van der Waals surface area contributed by atoms with Crippen LogP contribution < -0.4 is 15.0 Å². The van der Waals surface area contributed by atoms with E-state index in [1.54, 1.807) is 0 Å². The number of anilines is 4. The van der Waals surface area contributed by atoms with E-state index in [-0.39, 0.29) is 0 Å². The Kier molecular flexibility index (Phi) is 6.51. The van der Waals surface area contributed by atoms with E-state index < -0.39 is 0 Å². The number of para-hydroxylation sites is 6. The molecule has 2 heterocycles. The van der Waals surface area contributed by atoms with Gasteiger partial charge >= 0.3 is 0 Å². The lowest BCUT2D eigenvalue weighted by Crippen LogP contribution is -2.16. The number of hydrogen-bond donors (Lipinski definition) is 1. The minimum Gasteiger partial charge on any atom is -0.453 e. The van der Waals surface area contributed by atoms with Gasteiger partial charge in [0.05, 0.1) is 16.9 Å². The second-order valence-corrected chi connectivity index (χ2v) is 9.43. The van der Waals surface area contributed by atoms with Crippen LogP contribution in [0.2, 0.25) is 0 Å². The average Bonchev–Trinajstić information content (AvgIpc) is 3.37. The van der Waals surface area contributed by atoms with Gasteiger partial charge in [0.2, 0.25) is 5.89 Å². The molecule has 0 atom stereocenters. The predicted octanol–water partition coefficient (Wildman–Crippen LogP) is 9.45. The fraction of sp³-hybridized carbons (Fsp3) is 0.219. The molecule has 0 aliphatic carbocycles. The molecule has 0 radical (unpaired) electrons. The van der Waals surface area contributed by atoms with Crippen LogP contribution in [0, 0.1) is 0 Å². The van der Waals surface area contributed by atoms with Crippen LogP contribution in [0.3, 0.4) is 0 Å². The van der Waals surface area contributed by atoms with Gasteiger partial charge in [0.15, 0.2) is 17.1 Å². The highest BCUT2D eigenvalue weighted by molar-refractivity contribution is 5.89. The highest BCUT2D eigenvalue weighted by Gasteiger charge is 2.26. The first-order valence-corrected chi connectivity index (χ1v) is 13.2. The summed E-state index contributed by atoms with van der Waals surface area (Å²) in [7, 11) is 0. The van der Waals surface area contributed by atoms with Crippen molar-refractivity contribution in [1.29, 1.82) is 0 Å². The minimum absolute atomic E-state index is 0.629. The zero-order valence-electron chi connectivity index (χ0n) is 21.1. The summed E-state index contributed by atoms with van der Waals surface area (Å²) in [5.41, 5.74) is 6.72. The number of nitrogens with zero attached hydrogens (tertiary/aromatic N) is 2. The third kappa shape index (κ3) is 4.65. The zero-order valence-corrected chi connectivity index (χ0v) is 21.1. The lowest BCUT2D eigenvalue weighted by molar-refractivity contribution is 0.477. The fourth-order valence-corrected chi connectivity index (χ4v) is 4.93. The van der Waals surface area contributed by atoms with E-state index in [2.05, 4.69) is 47.5 Å².